The van der Waals surface area contributed by atoms with Crippen molar-refractivity contribution in [2.45, 2.75) is 44.2 Å². The number of amides is 2. The molecule has 3 fully saturated rings. The maximum Gasteiger partial charge on any atom is 0.264 e. The van der Waals surface area contributed by atoms with Gasteiger partial charge in [-0.15, -0.1) is 11.3 Å². The topological polar surface area (TPSA) is 43.9 Å². The van der Waals surface area contributed by atoms with Crippen LogP contribution in [0.3, 0.4) is 0 Å². The summed E-state index contributed by atoms with van der Waals surface area (Å²) in [5.74, 6) is 0.423. The van der Waals surface area contributed by atoms with Gasteiger partial charge in [-0.25, -0.2) is 0 Å². The molecule has 0 spiro atoms. The second-order valence-electron chi connectivity index (χ2n) is 7.07. The van der Waals surface area contributed by atoms with Crippen LogP contribution in [0.4, 0.5) is 0 Å². The molecule has 2 amide bonds. The molecule has 6 heteroatoms. The summed E-state index contributed by atoms with van der Waals surface area (Å²) >= 11 is 1.51. The summed E-state index contributed by atoms with van der Waals surface area (Å²) in [6.07, 6.45) is 4.88. The second kappa shape index (κ2) is 6.84. The summed E-state index contributed by atoms with van der Waals surface area (Å²) in [7, 11) is 0. The third-order valence-corrected chi connectivity index (χ3v) is 6.59. The van der Waals surface area contributed by atoms with Crippen molar-refractivity contribution in [3.05, 3.63) is 22.4 Å². The highest BCUT2D eigenvalue weighted by molar-refractivity contribution is 7.12. The van der Waals surface area contributed by atoms with Crippen molar-refractivity contribution in [3.63, 3.8) is 0 Å². The number of hydrogen-bond donors (Lipinski definition) is 0. The molecule has 0 bridgehead atoms. The molecule has 24 heavy (non-hydrogen) atoms. The highest BCUT2D eigenvalue weighted by Gasteiger charge is 2.45. The van der Waals surface area contributed by atoms with Crippen LogP contribution in [0.2, 0.25) is 0 Å². The monoisotopic (exact) mass is 347 g/mol. The predicted molar refractivity (Wildman–Crippen MR) is 94.2 cm³/mol. The minimum absolute atomic E-state index is 0.145. The maximum absolute atomic E-state index is 12.7. The van der Waals surface area contributed by atoms with Gasteiger partial charge in [0, 0.05) is 26.1 Å². The summed E-state index contributed by atoms with van der Waals surface area (Å²) in [4.78, 5) is 32.6. The van der Waals surface area contributed by atoms with Crippen LogP contribution in [-0.4, -0.2) is 71.3 Å². The quantitative estimate of drug-likeness (QED) is 0.837. The van der Waals surface area contributed by atoms with Gasteiger partial charge >= 0.3 is 0 Å². The van der Waals surface area contributed by atoms with Crippen LogP contribution in [0.1, 0.15) is 41.8 Å². The van der Waals surface area contributed by atoms with Crippen LogP contribution in [0, 0.1) is 0 Å². The highest BCUT2D eigenvalue weighted by Crippen LogP contribution is 2.33. The van der Waals surface area contributed by atoms with Crippen molar-refractivity contribution in [1.29, 1.82) is 0 Å². The van der Waals surface area contributed by atoms with Crippen LogP contribution in [0.15, 0.2) is 17.5 Å². The number of hydrogen-bond acceptors (Lipinski definition) is 4. The van der Waals surface area contributed by atoms with Crippen molar-refractivity contribution in [1.82, 2.24) is 14.7 Å². The number of likely N-dealkylation sites (tertiary alicyclic amines) is 3. The van der Waals surface area contributed by atoms with Crippen molar-refractivity contribution in [2.75, 3.05) is 32.7 Å². The van der Waals surface area contributed by atoms with Gasteiger partial charge in [0.2, 0.25) is 5.91 Å². The van der Waals surface area contributed by atoms with Gasteiger partial charge in [-0.05, 0) is 50.2 Å². The lowest BCUT2D eigenvalue weighted by Crippen LogP contribution is -2.54. The van der Waals surface area contributed by atoms with Crippen molar-refractivity contribution < 1.29 is 9.59 Å². The Balaban J connectivity index is 1.43. The Labute approximate surface area is 147 Å². The van der Waals surface area contributed by atoms with Gasteiger partial charge in [-0.1, -0.05) is 6.07 Å². The Morgan fingerprint density at radius 2 is 1.96 bits per heavy atom. The van der Waals surface area contributed by atoms with E-state index in [4.69, 9.17) is 0 Å². The zero-order valence-corrected chi connectivity index (χ0v) is 14.8. The van der Waals surface area contributed by atoms with Gasteiger partial charge in [0.1, 0.15) is 0 Å². The van der Waals surface area contributed by atoms with Gasteiger partial charge in [0.05, 0.1) is 17.0 Å². The molecule has 0 radical (unpaired) electrons. The number of nitrogens with zero attached hydrogens (tertiary/aromatic N) is 3. The minimum Gasteiger partial charge on any atom is -0.336 e. The molecule has 3 saturated heterocycles. The van der Waals surface area contributed by atoms with Crippen LogP contribution >= 0.6 is 11.3 Å². The molecule has 4 heterocycles. The number of rotatable bonds is 4. The van der Waals surface area contributed by atoms with Crippen molar-refractivity contribution >= 4 is 23.2 Å². The molecular weight excluding hydrogens is 322 g/mol. The Hall–Kier alpha value is -1.40. The molecule has 1 aromatic heterocycles. The first-order valence-corrected chi connectivity index (χ1v) is 9.98. The molecule has 0 aromatic carbocycles. The molecule has 5 nitrogen and oxygen atoms in total. The smallest absolute Gasteiger partial charge is 0.264 e. The number of fused-ring (bicyclic) bond motifs is 1. The first kappa shape index (κ1) is 16.1. The van der Waals surface area contributed by atoms with Crippen molar-refractivity contribution in [2.24, 2.45) is 0 Å². The average Bonchev–Trinajstić information content (AvgIpc) is 3.33. The summed E-state index contributed by atoms with van der Waals surface area (Å²) in [6, 6.07) is 4.26. The van der Waals surface area contributed by atoms with Gasteiger partial charge < -0.3 is 14.7 Å². The number of piperidine rings is 1. The first-order valence-electron chi connectivity index (χ1n) is 9.10. The molecule has 0 unspecified atom stereocenters. The molecule has 130 valence electrons. The van der Waals surface area contributed by atoms with E-state index < -0.39 is 0 Å². The number of carbonyl (C=O) groups is 2. The first-order chi connectivity index (χ1) is 11.7. The minimum atomic E-state index is 0.145. The van der Waals surface area contributed by atoms with E-state index >= 15 is 0 Å². The number of carbonyl (C=O) groups excluding carboxylic acids is 2. The van der Waals surface area contributed by atoms with Gasteiger partial charge in [0.25, 0.3) is 5.91 Å². The zero-order chi connectivity index (χ0) is 16.5. The molecule has 3 aliphatic rings. The molecule has 0 N–H and O–H groups in total. The van der Waals surface area contributed by atoms with E-state index in [1.54, 1.807) is 0 Å². The lowest BCUT2D eigenvalue weighted by Gasteiger charge is -2.40. The Morgan fingerprint density at radius 3 is 2.71 bits per heavy atom. The fraction of sp³-hybridized carbons (Fsp3) is 0.667. The van der Waals surface area contributed by atoms with E-state index in [1.807, 2.05) is 22.4 Å². The molecule has 3 aliphatic heterocycles. The molecule has 2 atom stereocenters. The lowest BCUT2D eigenvalue weighted by atomic mass is 9.96. The van der Waals surface area contributed by atoms with E-state index in [0.29, 0.717) is 6.42 Å². The molecule has 4 rings (SSSR count). The Kier molecular flexibility index (Phi) is 4.59. The molecule has 0 saturated carbocycles. The predicted octanol–water partition coefficient (Wildman–Crippen LogP) is 2.05. The Bertz CT molecular complexity index is 597. The van der Waals surface area contributed by atoms with E-state index in [9.17, 15) is 9.59 Å². The number of thiophene rings is 1. The highest BCUT2D eigenvalue weighted by atomic mass is 32.1. The standard InChI is InChI=1S/C18H25N3O2S/c22-17-6-5-14-15(20(17)12-11-19-8-1-2-9-19)7-10-21(14)18(23)16-4-3-13-24-16/h3-4,13-15H,1-2,5-12H2/t14-,15-/m0/s1. The molecular formula is C18H25N3O2S. The summed E-state index contributed by atoms with van der Waals surface area (Å²) < 4.78 is 0. The fourth-order valence-corrected chi connectivity index (χ4v) is 5.17. The van der Waals surface area contributed by atoms with Crippen molar-refractivity contribution in [3.8, 4) is 0 Å². The lowest BCUT2D eigenvalue weighted by molar-refractivity contribution is -0.137. The maximum atomic E-state index is 12.7. The summed E-state index contributed by atoms with van der Waals surface area (Å²) in [6.45, 7) is 4.91. The molecule has 0 aliphatic carbocycles. The van der Waals surface area contributed by atoms with E-state index in [-0.39, 0.29) is 23.9 Å². The van der Waals surface area contributed by atoms with E-state index in [0.717, 1.165) is 37.4 Å². The zero-order valence-electron chi connectivity index (χ0n) is 14.0. The summed E-state index contributed by atoms with van der Waals surface area (Å²) in [5.41, 5.74) is 0. The second-order valence-corrected chi connectivity index (χ2v) is 8.02. The molecule has 1 aromatic rings. The SMILES string of the molecule is O=C1CC[C@H]2[C@H](CCN2C(=O)c2cccs2)N1CCN1CCCC1. The fourth-order valence-electron chi connectivity index (χ4n) is 4.49. The normalized spacial score (nSPS) is 27.8. The Morgan fingerprint density at radius 1 is 1.12 bits per heavy atom. The largest absolute Gasteiger partial charge is 0.336 e. The van der Waals surface area contributed by atoms with Crippen LogP contribution in [-0.2, 0) is 4.79 Å². The van der Waals surface area contributed by atoms with E-state index in [2.05, 4.69) is 9.80 Å². The average molecular weight is 347 g/mol. The van der Waals surface area contributed by atoms with Gasteiger partial charge in [-0.2, -0.15) is 0 Å². The third-order valence-electron chi connectivity index (χ3n) is 5.73. The van der Waals surface area contributed by atoms with Gasteiger partial charge in [0.15, 0.2) is 0 Å². The van der Waals surface area contributed by atoms with Crippen LogP contribution in [0.25, 0.3) is 0 Å². The van der Waals surface area contributed by atoms with Crippen LogP contribution < -0.4 is 0 Å². The van der Waals surface area contributed by atoms with Crippen LogP contribution in [0.5, 0.6) is 0 Å². The van der Waals surface area contributed by atoms with E-state index in [1.165, 1.54) is 37.3 Å². The van der Waals surface area contributed by atoms with Gasteiger partial charge in [-0.3, -0.25) is 9.59 Å². The summed E-state index contributed by atoms with van der Waals surface area (Å²) in [5, 5.41) is 1.95. The third kappa shape index (κ3) is 2.97.